The lowest BCUT2D eigenvalue weighted by atomic mass is 10.1. The van der Waals surface area contributed by atoms with Crippen molar-refractivity contribution in [2.75, 3.05) is 6.54 Å². The van der Waals surface area contributed by atoms with Crippen LogP contribution in [0.2, 0.25) is 0 Å². The van der Waals surface area contributed by atoms with Gasteiger partial charge >= 0.3 is 12.1 Å². The van der Waals surface area contributed by atoms with Gasteiger partial charge in [-0.05, 0) is 37.4 Å². The highest BCUT2D eigenvalue weighted by Gasteiger charge is 2.25. The molecule has 0 radical (unpaired) electrons. The van der Waals surface area contributed by atoms with Crippen LogP contribution in [-0.4, -0.2) is 36.6 Å². The van der Waals surface area contributed by atoms with E-state index in [0.717, 1.165) is 11.1 Å². The van der Waals surface area contributed by atoms with Gasteiger partial charge in [-0.15, -0.1) is 0 Å². The normalized spacial score (nSPS) is 12.3. The van der Waals surface area contributed by atoms with Gasteiger partial charge < -0.3 is 25.8 Å². The smallest absolute Gasteiger partial charge is 0.408 e. The van der Waals surface area contributed by atoms with Gasteiger partial charge in [-0.1, -0.05) is 60.7 Å². The number of amides is 2. The lowest BCUT2D eigenvalue weighted by Crippen LogP contribution is -2.50. The third kappa shape index (κ3) is 8.88. The molecule has 2 aromatic carbocycles. The first-order chi connectivity index (χ1) is 15.0. The van der Waals surface area contributed by atoms with Crippen molar-refractivity contribution in [3.05, 3.63) is 71.8 Å². The van der Waals surface area contributed by atoms with E-state index >= 15 is 0 Å². The minimum absolute atomic E-state index is 0.0892. The molecule has 0 fully saturated rings. The van der Waals surface area contributed by atoms with Crippen LogP contribution in [0.4, 0.5) is 4.79 Å². The maximum Gasteiger partial charge on any atom is 0.408 e. The van der Waals surface area contributed by atoms with E-state index in [1.807, 2.05) is 60.7 Å². The zero-order valence-electron chi connectivity index (χ0n) is 17.6. The molecule has 0 aliphatic carbocycles. The zero-order chi connectivity index (χ0) is 22.5. The Labute approximate surface area is 182 Å². The van der Waals surface area contributed by atoms with Gasteiger partial charge in [0.05, 0.1) is 0 Å². The summed E-state index contributed by atoms with van der Waals surface area (Å²) in [4.78, 5) is 36.9. The summed E-state index contributed by atoms with van der Waals surface area (Å²) in [6.07, 6.45) is 0.143. The topological polar surface area (TPSA) is 120 Å². The van der Waals surface area contributed by atoms with Crippen LogP contribution in [0, 0.1) is 0 Å². The lowest BCUT2D eigenvalue weighted by molar-refractivity contribution is -0.149. The largest absolute Gasteiger partial charge is 0.459 e. The van der Waals surface area contributed by atoms with Crippen molar-refractivity contribution in [2.24, 2.45) is 5.73 Å². The third-order valence-corrected chi connectivity index (χ3v) is 4.46. The Hall–Kier alpha value is -3.39. The molecule has 0 saturated heterocycles. The Morgan fingerprint density at radius 2 is 1.42 bits per heavy atom. The van der Waals surface area contributed by atoms with Gasteiger partial charge in [0, 0.05) is 0 Å². The minimum Gasteiger partial charge on any atom is -0.459 e. The summed E-state index contributed by atoms with van der Waals surface area (Å²) >= 11 is 0. The van der Waals surface area contributed by atoms with Crippen LogP contribution in [0.15, 0.2) is 60.7 Å². The fourth-order valence-corrected chi connectivity index (χ4v) is 2.70. The predicted molar refractivity (Wildman–Crippen MR) is 116 cm³/mol. The lowest BCUT2D eigenvalue weighted by Gasteiger charge is -2.20. The van der Waals surface area contributed by atoms with Gasteiger partial charge in [-0.25, -0.2) is 9.59 Å². The monoisotopic (exact) mass is 427 g/mol. The highest BCUT2D eigenvalue weighted by molar-refractivity contribution is 5.89. The Bertz CT molecular complexity index is 830. The van der Waals surface area contributed by atoms with Crippen molar-refractivity contribution in [3.8, 4) is 0 Å². The van der Waals surface area contributed by atoms with E-state index in [-0.39, 0.29) is 13.2 Å². The van der Waals surface area contributed by atoms with Gasteiger partial charge in [0.25, 0.3) is 0 Å². The van der Waals surface area contributed by atoms with E-state index in [1.54, 1.807) is 0 Å². The second kappa shape index (κ2) is 13.0. The van der Waals surface area contributed by atoms with Gasteiger partial charge in [0.15, 0.2) is 0 Å². The molecule has 0 spiro atoms. The van der Waals surface area contributed by atoms with Crippen LogP contribution >= 0.6 is 0 Å². The van der Waals surface area contributed by atoms with Crippen molar-refractivity contribution in [1.29, 1.82) is 0 Å². The molecule has 4 N–H and O–H groups in total. The average Bonchev–Trinajstić information content (AvgIpc) is 2.80. The highest BCUT2D eigenvalue weighted by Crippen LogP contribution is 2.06. The van der Waals surface area contributed by atoms with E-state index in [4.69, 9.17) is 15.2 Å². The van der Waals surface area contributed by atoms with E-state index < -0.39 is 30.1 Å². The van der Waals surface area contributed by atoms with Crippen molar-refractivity contribution in [1.82, 2.24) is 10.6 Å². The molecule has 0 aliphatic rings. The molecular formula is C23H29N3O5. The van der Waals surface area contributed by atoms with Crippen LogP contribution < -0.4 is 16.4 Å². The Kier molecular flexibility index (Phi) is 10.0. The van der Waals surface area contributed by atoms with Crippen molar-refractivity contribution < 1.29 is 23.9 Å². The van der Waals surface area contributed by atoms with E-state index in [2.05, 4.69) is 10.6 Å². The van der Waals surface area contributed by atoms with Gasteiger partial charge in [-0.3, -0.25) is 4.79 Å². The second-order valence-corrected chi connectivity index (χ2v) is 7.01. The highest BCUT2D eigenvalue weighted by atomic mass is 16.5. The molecular weight excluding hydrogens is 398 g/mol. The van der Waals surface area contributed by atoms with Crippen LogP contribution in [0.3, 0.4) is 0 Å². The van der Waals surface area contributed by atoms with Gasteiger partial charge in [0.1, 0.15) is 25.3 Å². The average molecular weight is 428 g/mol. The Morgan fingerprint density at radius 3 is 1.97 bits per heavy atom. The molecule has 2 aromatic rings. The fourth-order valence-electron chi connectivity index (χ4n) is 2.70. The third-order valence-electron chi connectivity index (χ3n) is 4.46. The molecule has 31 heavy (non-hydrogen) atoms. The summed E-state index contributed by atoms with van der Waals surface area (Å²) in [6, 6.07) is 16.7. The summed E-state index contributed by atoms with van der Waals surface area (Å²) in [5, 5.41) is 5.09. The molecule has 8 heteroatoms. The van der Waals surface area contributed by atoms with Crippen LogP contribution in [-0.2, 0) is 32.3 Å². The minimum atomic E-state index is -0.898. The van der Waals surface area contributed by atoms with Gasteiger partial charge in [-0.2, -0.15) is 0 Å². The molecule has 2 amide bonds. The molecule has 2 rings (SSSR count). The predicted octanol–water partition coefficient (Wildman–Crippen LogP) is 2.27. The number of alkyl carbamates (subject to hydrolysis) is 1. The van der Waals surface area contributed by atoms with E-state index in [9.17, 15) is 14.4 Å². The molecule has 2 atom stereocenters. The van der Waals surface area contributed by atoms with E-state index in [1.165, 1.54) is 6.92 Å². The molecule has 166 valence electrons. The summed E-state index contributed by atoms with van der Waals surface area (Å²) < 4.78 is 10.4. The maximum atomic E-state index is 12.5. The molecule has 0 aromatic heterocycles. The van der Waals surface area contributed by atoms with Crippen LogP contribution in [0.1, 0.15) is 30.9 Å². The number of rotatable bonds is 11. The zero-order valence-corrected chi connectivity index (χ0v) is 17.6. The molecule has 0 heterocycles. The fraction of sp³-hybridized carbons (Fsp3) is 0.348. The molecule has 1 unspecified atom stereocenters. The van der Waals surface area contributed by atoms with Crippen molar-refractivity contribution in [3.63, 3.8) is 0 Å². The molecule has 0 aliphatic heterocycles. The molecule has 0 bridgehead atoms. The first-order valence-electron chi connectivity index (χ1n) is 10.2. The van der Waals surface area contributed by atoms with Crippen LogP contribution in [0.5, 0.6) is 0 Å². The van der Waals surface area contributed by atoms with Crippen molar-refractivity contribution >= 4 is 18.0 Å². The van der Waals surface area contributed by atoms with Crippen molar-refractivity contribution in [2.45, 2.75) is 45.1 Å². The number of hydrogen-bond acceptors (Lipinski definition) is 6. The standard InChI is InChI=1S/C23H29N3O5/c1-17(25-23(29)31-16-19-11-6-3-7-12-19)21(27)26-20(13-8-14-24)22(28)30-15-18-9-4-2-5-10-18/h2-7,9-12,17,20H,8,13-16,24H2,1H3,(H,25,29)(H,26,27)/t17-,20?/m0/s1. The first kappa shape index (κ1) is 23.9. The van der Waals surface area contributed by atoms with Crippen LogP contribution in [0.25, 0.3) is 0 Å². The number of ether oxygens (including phenoxy) is 2. The number of carbonyl (C=O) groups is 3. The van der Waals surface area contributed by atoms with Gasteiger partial charge in [0.2, 0.25) is 5.91 Å². The summed E-state index contributed by atoms with van der Waals surface area (Å²) in [5.74, 6) is -1.07. The summed E-state index contributed by atoms with van der Waals surface area (Å²) in [6.45, 7) is 2.08. The number of nitrogens with one attached hydrogen (secondary N) is 2. The molecule has 8 nitrogen and oxygen atoms in total. The Morgan fingerprint density at radius 1 is 0.871 bits per heavy atom. The molecule has 0 saturated carbocycles. The first-order valence-corrected chi connectivity index (χ1v) is 10.2. The maximum absolute atomic E-state index is 12.5. The number of esters is 1. The summed E-state index contributed by atoms with van der Waals surface area (Å²) in [7, 11) is 0. The number of benzene rings is 2. The van der Waals surface area contributed by atoms with E-state index in [0.29, 0.717) is 19.4 Å². The SMILES string of the molecule is C[C@H](NC(=O)OCc1ccccc1)C(=O)NC(CCCN)C(=O)OCc1ccccc1. The summed E-state index contributed by atoms with van der Waals surface area (Å²) in [5.41, 5.74) is 7.22. The number of nitrogens with two attached hydrogens (primary N) is 1. The Balaban J connectivity index is 1.83. The number of carbonyl (C=O) groups excluding carboxylic acids is 3. The number of hydrogen-bond donors (Lipinski definition) is 3. The quantitative estimate of drug-likeness (QED) is 0.473. The second-order valence-electron chi connectivity index (χ2n) is 7.01.